The molecule has 0 bridgehead atoms. The first kappa shape index (κ1) is 19.2. The number of nitrogens with one attached hydrogen (secondary N) is 1. The van der Waals surface area contributed by atoms with E-state index in [0.29, 0.717) is 19.6 Å². The first-order valence-corrected chi connectivity index (χ1v) is 11.2. The van der Waals surface area contributed by atoms with E-state index < -0.39 is 15.9 Å². The SMILES string of the molecule is O=C(NCc1ccccc1)c1cc(S(=O)(=O)N2CCSCC2)ccc1Cl. The van der Waals surface area contributed by atoms with Gasteiger partial charge in [-0.2, -0.15) is 16.1 Å². The topological polar surface area (TPSA) is 66.5 Å². The van der Waals surface area contributed by atoms with E-state index in [1.54, 1.807) is 11.8 Å². The Morgan fingerprint density at radius 3 is 2.50 bits per heavy atom. The van der Waals surface area contributed by atoms with E-state index in [-0.39, 0.29) is 15.5 Å². The summed E-state index contributed by atoms with van der Waals surface area (Å²) in [5, 5.41) is 3.00. The van der Waals surface area contributed by atoms with E-state index >= 15 is 0 Å². The molecule has 1 N–H and O–H groups in total. The maximum atomic E-state index is 12.8. The van der Waals surface area contributed by atoms with Crippen LogP contribution < -0.4 is 5.32 Å². The molecular weight excluding hydrogens is 392 g/mol. The van der Waals surface area contributed by atoms with Gasteiger partial charge >= 0.3 is 0 Å². The minimum Gasteiger partial charge on any atom is -0.348 e. The van der Waals surface area contributed by atoms with Gasteiger partial charge in [-0.3, -0.25) is 4.79 Å². The van der Waals surface area contributed by atoms with Crippen LogP contribution in [0, 0.1) is 0 Å². The molecule has 0 aromatic heterocycles. The van der Waals surface area contributed by atoms with Crippen molar-refractivity contribution in [2.45, 2.75) is 11.4 Å². The Morgan fingerprint density at radius 1 is 1.12 bits per heavy atom. The zero-order valence-electron chi connectivity index (χ0n) is 14.0. The quantitative estimate of drug-likeness (QED) is 0.822. The summed E-state index contributed by atoms with van der Waals surface area (Å²) in [6.07, 6.45) is 0. The van der Waals surface area contributed by atoms with Gasteiger partial charge in [-0.15, -0.1) is 0 Å². The van der Waals surface area contributed by atoms with Crippen LogP contribution in [0.2, 0.25) is 5.02 Å². The van der Waals surface area contributed by atoms with Crippen molar-refractivity contribution < 1.29 is 13.2 Å². The van der Waals surface area contributed by atoms with Crippen LogP contribution in [0.4, 0.5) is 0 Å². The molecule has 0 saturated carbocycles. The van der Waals surface area contributed by atoms with E-state index in [0.717, 1.165) is 17.1 Å². The zero-order chi connectivity index (χ0) is 18.6. The molecule has 1 fully saturated rings. The van der Waals surface area contributed by atoms with Gasteiger partial charge in [0.05, 0.1) is 15.5 Å². The van der Waals surface area contributed by atoms with E-state index in [1.165, 1.54) is 22.5 Å². The van der Waals surface area contributed by atoms with Crippen molar-refractivity contribution in [2.75, 3.05) is 24.6 Å². The van der Waals surface area contributed by atoms with E-state index in [1.807, 2.05) is 30.3 Å². The van der Waals surface area contributed by atoms with Gasteiger partial charge in [0.2, 0.25) is 10.0 Å². The first-order chi connectivity index (χ1) is 12.5. The van der Waals surface area contributed by atoms with Crippen molar-refractivity contribution in [3.05, 3.63) is 64.7 Å². The normalized spacial score (nSPS) is 15.6. The lowest BCUT2D eigenvalue weighted by molar-refractivity contribution is 0.0951. The number of carbonyl (C=O) groups excluding carboxylic acids is 1. The molecule has 0 unspecified atom stereocenters. The van der Waals surface area contributed by atoms with Gasteiger partial charge < -0.3 is 5.32 Å². The summed E-state index contributed by atoms with van der Waals surface area (Å²) in [6.45, 7) is 1.30. The van der Waals surface area contributed by atoms with Gasteiger partial charge in [0.25, 0.3) is 5.91 Å². The molecule has 2 aromatic rings. The molecule has 3 rings (SSSR count). The van der Waals surface area contributed by atoms with E-state index in [2.05, 4.69) is 5.32 Å². The molecule has 1 saturated heterocycles. The minimum atomic E-state index is -3.62. The Morgan fingerprint density at radius 2 is 1.81 bits per heavy atom. The van der Waals surface area contributed by atoms with Crippen molar-refractivity contribution in [3.63, 3.8) is 0 Å². The predicted octanol–water partition coefficient (Wildman–Crippen LogP) is 3.01. The van der Waals surface area contributed by atoms with Crippen LogP contribution in [0.1, 0.15) is 15.9 Å². The molecule has 5 nitrogen and oxygen atoms in total. The van der Waals surface area contributed by atoms with Crippen molar-refractivity contribution in [1.29, 1.82) is 0 Å². The van der Waals surface area contributed by atoms with Crippen LogP contribution in [0.15, 0.2) is 53.4 Å². The lowest BCUT2D eigenvalue weighted by Gasteiger charge is -2.25. The molecule has 2 aromatic carbocycles. The summed E-state index contributed by atoms with van der Waals surface area (Å²) in [5.74, 6) is 1.15. The fourth-order valence-electron chi connectivity index (χ4n) is 2.65. The van der Waals surface area contributed by atoms with Crippen LogP contribution in [0.3, 0.4) is 0 Å². The molecule has 1 aliphatic rings. The lowest BCUT2D eigenvalue weighted by Crippen LogP contribution is -2.38. The predicted molar refractivity (Wildman–Crippen MR) is 105 cm³/mol. The summed E-state index contributed by atoms with van der Waals surface area (Å²) in [5.41, 5.74) is 1.11. The van der Waals surface area contributed by atoms with Gasteiger partial charge in [-0.1, -0.05) is 41.9 Å². The molecule has 1 heterocycles. The van der Waals surface area contributed by atoms with Crippen molar-refractivity contribution in [2.24, 2.45) is 0 Å². The highest BCUT2D eigenvalue weighted by molar-refractivity contribution is 7.99. The summed E-state index contributed by atoms with van der Waals surface area (Å²) < 4.78 is 27.0. The van der Waals surface area contributed by atoms with Gasteiger partial charge in [-0.25, -0.2) is 8.42 Å². The second kappa shape index (κ2) is 8.43. The molecule has 0 spiro atoms. The molecule has 0 radical (unpaired) electrons. The third-order valence-corrected chi connectivity index (χ3v) is 7.25. The highest BCUT2D eigenvalue weighted by Gasteiger charge is 2.27. The van der Waals surface area contributed by atoms with Crippen LogP contribution in [-0.2, 0) is 16.6 Å². The summed E-state index contributed by atoms with van der Waals surface area (Å²) >= 11 is 7.87. The molecule has 1 aliphatic heterocycles. The van der Waals surface area contributed by atoms with Crippen LogP contribution in [-0.4, -0.2) is 43.2 Å². The number of amides is 1. The standard InChI is InChI=1S/C18H19ClN2O3S2/c19-17-7-6-15(26(23,24)21-8-10-25-11-9-21)12-16(17)18(22)20-13-14-4-2-1-3-5-14/h1-7,12H,8-11,13H2,(H,20,22). The third kappa shape index (κ3) is 4.40. The molecule has 8 heteroatoms. The van der Waals surface area contributed by atoms with E-state index in [4.69, 9.17) is 11.6 Å². The molecule has 26 heavy (non-hydrogen) atoms. The summed E-state index contributed by atoms with van der Waals surface area (Å²) in [7, 11) is -3.62. The summed E-state index contributed by atoms with van der Waals surface area (Å²) in [4.78, 5) is 12.6. The van der Waals surface area contributed by atoms with Crippen LogP contribution in [0.5, 0.6) is 0 Å². The second-order valence-electron chi connectivity index (χ2n) is 5.83. The number of sulfonamides is 1. The largest absolute Gasteiger partial charge is 0.348 e. The Bertz CT molecular complexity index is 883. The smallest absolute Gasteiger partial charge is 0.253 e. The van der Waals surface area contributed by atoms with Crippen molar-refractivity contribution in [1.82, 2.24) is 9.62 Å². The number of hydrogen-bond donors (Lipinski definition) is 1. The number of thioether (sulfide) groups is 1. The molecular formula is C18H19ClN2O3S2. The van der Waals surface area contributed by atoms with E-state index in [9.17, 15) is 13.2 Å². The second-order valence-corrected chi connectivity index (χ2v) is 9.40. The Hall–Kier alpha value is -1.54. The number of nitrogens with zero attached hydrogens (tertiary/aromatic N) is 1. The van der Waals surface area contributed by atoms with Gasteiger partial charge in [0.15, 0.2) is 0 Å². The number of carbonyl (C=O) groups is 1. The van der Waals surface area contributed by atoms with Crippen molar-refractivity contribution in [3.8, 4) is 0 Å². The molecule has 0 atom stereocenters. The Balaban J connectivity index is 1.79. The lowest BCUT2D eigenvalue weighted by atomic mass is 10.2. The average molecular weight is 411 g/mol. The maximum Gasteiger partial charge on any atom is 0.253 e. The van der Waals surface area contributed by atoms with Gasteiger partial charge in [0, 0.05) is 31.1 Å². The molecule has 138 valence electrons. The number of rotatable bonds is 5. The highest BCUT2D eigenvalue weighted by Crippen LogP contribution is 2.25. The van der Waals surface area contributed by atoms with Crippen LogP contribution >= 0.6 is 23.4 Å². The van der Waals surface area contributed by atoms with Crippen molar-refractivity contribution >= 4 is 39.3 Å². The first-order valence-electron chi connectivity index (χ1n) is 8.18. The highest BCUT2D eigenvalue weighted by atomic mass is 35.5. The number of halogens is 1. The molecule has 0 aliphatic carbocycles. The monoisotopic (exact) mass is 410 g/mol. The number of benzene rings is 2. The maximum absolute atomic E-state index is 12.8. The fraction of sp³-hybridized carbons (Fsp3) is 0.278. The molecule has 1 amide bonds. The Labute approximate surface area is 162 Å². The zero-order valence-corrected chi connectivity index (χ0v) is 16.4. The average Bonchev–Trinajstić information content (AvgIpc) is 2.68. The fourth-order valence-corrected chi connectivity index (χ4v) is 5.45. The minimum absolute atomic E-state index is 0.0960. The Kier molecular flexibility index (Phi) is 6.24. The third-order valence-electron chi connectivity index (χ3n) is 4.09. The van der Waals surface area contributed by atoms with Gasteiger partial charge in [-0.05, 0) is 23.8 Å². The van der Waals surface area contributed by atoms with Gasteiger partial charge in [0.1, 0.15) is 0 Å². The van der Waals surface area contributed by atoms with Crippen LogP contribution in [0.25, 0.3) is 0 Å². The number of hydrogen-bond acceptors (Lipinski definition) is 4. The summed E-state index contributed by atoms with van der Waals surface area (Å²) in [6, 6.07) is 13.7.